The lowest BCUT2D eigenvalue weighted by Crippen LogP contribution is -2.17. The van der Waals surface area contributed by atoms with Crippen LogP contribution in [0.4, 0.5) is 0 Å². The molecule has 5 nitrogen and oxygen atoms in total. The van der Waals surface area contributed by atoms with Gasteiger partial charge < -0.3 is 15.2 Å². The van der Waals surface area contributed by atoms with E-state index in [9.17, 15) is 9.59 Å². The van der Waals surface area contributed by atoms with Crippen LogP contribution in [0.2, 0.25) is 0 Å². The van der Waals surface area contributed by atoms with Gasteiger partial charge in [0.1, 0.15) is 0 Å². The first kappa shape index (κ1) is 8.58. The highest BCUT2D eigenvalue weighted by atomic mass is 16.5. The average Bonchev–Trinajstić information content (AvgIpc) is 2.48. The Hall–Kier alpha value is -1.52. The van der Waals surface area contributed by atoms with Crippen LogP contribution in [-0.4, -0.2) is 30.6 Å². The van der Waals surface area contributed by atoms with Crippen LogP contribution in [0.25, 0.3) is 0 Å². The van der Waals surface area contributed by atoms with Crippen molar-refractivity contribution in [2.45, 2.75) is 6.42 Å². The van der Waals surface area contributed by atoms with Crippen LogP contribution in [0.3, 0.4) is 0 Å². The van der Waals surface area contributed by atoms with Gasteiger partial charge in [-0.3, -0.25) is 4.79 Å². The van der Waals surface area contributed by atoms with Gasteiger partial charge in [0, 0.05) is 6.54 Å². The first-order valence-electron chi connectivity index (χ1n) is 3.45. The Labute approximate surface area is 69.0 Å². The van der Waals surface area contributed by atoms with Crippen LogP contribution in [0, 0.1) is 0 Å². The second kappa shape index (κ2) is 3.25. The SMILES string of the molecule is COC(=O)C(O)=C1CCNC1=O. The van der Waals surface area contributed by atoms with Crippen molar-refractivity contribution in [1.82, 2.24) is 5.32 Å². The van der Waals surface area contributed by atoms with Gasteiger partial charge in [-0.25, -0.2) is 4.79 Å². The lowest BCUT2D eigenvalue weighted by atomic mass is 10.2. The average molecular weight is 171 g/mol. The Morgan fingerprint density at radius 2 is 2.33 bits per heavy atom. The fourth-order valence-electron chi connectivity index (χ4n) is 0.967. The van der Waals surface area contributed by atoms with Gasteiger partial charge in [-0.15, -0.1) is 0 Å². The lowest BCUT2D eigenvalue weighted by Gasteiger charge is -1.99. The molecule has 0 aromatic heterocycles. The number of carbonyl (C=O) groups is 2. The van der Waals surface area contributed by atoms with Crippen LogP contribution >= 0.6 is 0 Å². The van der Waals surface area contributed by atoms with E-state index in [1.807, 2.05) is 0 Å². The fraction of sp³-hybridized carbons (Fsp3) is 0.429. The third-order valence-electron chi connectivity index (χ3n) is 1.60. The molecular weight excluding hydrogens is 162 g/mol. The molecule has 1 rings (SSSR count). The van der Waals surface area contributed by atoms with Gasteiger partial charge in [0.05, 0.1) is 12.7 Å². The summed E-state index contributed by atoms with van der Waals surface area (Å²) in [6.45, 7) is 0.454. The Morgan fingerprint density at radius 1 is 1.67 bits per heavy atom. The molecule has 1 heterocycles. The summed E-state index contributed by atoms with van der Waals surface area (Å²) < 4.78 is 4.25. The Kier molecular flexibility index (Phi) is 2.32. The van der Waals surface area contributed by atoms with E-state index in [1.165, 1.54) is 0 Å². The molecule has 1 amide bonds. The van der Waals surface area contributed by atoms with Crippen molar-refractivity contribution in [3.05, 3.63) is 11.3 Å². The zero-order valence-corrected chi connectivity index (χ0v) is 6.59. The van der Waals surface area contributed by atoms with Gasteiger partial charge in [-0.05, 0) is 6.42 Å². The minimum Gasteiger partial charge on any atom is -0.501 e. The summed E-state index contributed by atoms with van der Waals surface area (Å²) in [7, 11) is 1.14. The van der Waals surface area contributed by atoms with E-state index in [1.54, 1.807) is 0 Å². The molecule has 66 valence electrons. The van der Waals surface area contributed by atoms with Gasteiger partial charge in [0.25, 0.3) is 5.91 Å². The molecular formula is C7H9NO4. The number of esters is 1. The van der Waals surface area contributed by atoms with E-state index in [2.05, 4.69) is 10.1 Å². The molecule has 1 saturated heterocycles. The van der Waals surface area contributed by atoms with Crippen molar-refractivity contribution < 1.29 is 19.4 Å². The van der Waals surface area contributed by atoms with E-state index in [0.29, 0.717) is 13.0 Å². The van der Waals surface area contributed by atoms with Crippen molar-refractivity contribution in [2.24, 2.45) is 0 Å². The third kappa shape index (κ3) is 1.39. The topological polar surface area (TPSA) is 75.6 Å². The first-order valence-corrected chi connectivity index (χ1v) is 3.45. The molecule has 5 heteroatoms. The second-order valence-electron chi connectivity index (χ2n) is 2.32. The summed E-state index contributed by atoms with van der Waals surface area (Å²) in [5.74, 6) is -1.87. The summed E-state index contributed by atoms with van der Waals surface area (Å²) in [4.78, 5) is 21.6. The van der Waals surface area contributed by atoms with Crippen LogP contribution in [-0.2, 0) is 14.3 Å². The summed E-state index contributed by atoms with van der Waals surface area (Å²) in [5, 5.41) is 11.6. The molecule has 0 atom stereocenters. The van der Waals surface area contributed by atoms with E-state index >= 15 is 0 Å². The Morgan fingerprint density at radius 3 is 2.75 bits per heavy atom. The maximum Gasteiger partial charge on any atom is 0.373 e. The third-order valence-corrected chi connectivity index (χ3v) is 1.60. The molecule has 0 radical (unpaired) electrons. The summed E-state index contributed by atoms with van der Waals surface area (Å²) >= 11 is 0. The Balaban J connectivity index is 2.88. The van der Waals surface area contributed by atoms with Crippen molar-refractivity contribution in [2.75, 3.05) is 13.7 Å². The zero-order chi connectivity index (χ0) is 9.14. The molecule has 12 heavy (non-hydrogen) atoms. The number of aliphatic hydroxyl groups excluding tert-OH is 1. The number of methoxy groups -OCH3 is 1. The molecule has 0 aliphatic carbocycles. The number of carbonyl (C=O) groups excluding carboxylic acids is 2. The molecule has 0 bridgehead atoms. The van der Waals surface area contributed by atoms with Crippen LogP contribution in [0.5, 0.6) is 0 Å². The van der Waals surface area contributed by atoms with E-state index in [0.717, 1.165) is 7.11 Å². The van der Waals surface area contributed by atoms with Gasteiger partial charge in [-0.2, -0.15) is 0 Å². The van der Waals surface area contributed by atoms with Crippen molar-refractivity contribution in [3.8, 4) is 0 Å². The summed E-state index contributed by atoms with van der Waals surface area (Å²) in [6.07, 6.45) is 0.361. The number of rotatable bonds is 1. The van der Waals surface area contributed by atoms with E-state index < -0.39 is 17.6 Å². The molecule has 2 N–H and O–H groups in total. The minimum atomic E-state index is -0.873. The number of hydrogen-bond acceptors (Lipinski definition) is 4. The van der Waals surface area contributed by atoms with Crippen molar-refractivity contribution in [3.63, 3.8) is 0 Å². The first-order chi connectivity index (χ1) is 5.66. The highest BCUT2D eigenvalue weighted by molar-refractivity contribution is 6.02. The van der Waals surface area contributed by atoms with Gasteiger partial charge in [0.15, 0.2) is 0 Å². The number of nitrogens with one attached hydrogen (secondary N) is 1. The number of hydrogen-bond donors (Lipinski definition) is 2. The predicted octanol–water partition coefficient (Wildman–Crippen LogP) is -0.509. The van der Waals surface area contributed by atoms with Crippen LogP contribution < -0.4 is 5.32 Å². The van der Waals surface area contributed by atoms with Gasteiger partial charge >= 0.3 is 5.97 Å². The normalized spacial score (nSPS) is 20.2. The molecule has 1 fully saturated rings. The maximum absolute atomic E-state index is 10.9. The largest absolute Gasteiger partial charge is 0.501 e. The molecule has 0 unspecified atom stereocenters. The van der Waals surface area contributed by atoms with Crippen molar-refractivity contribution in [1.29, 1.82) is 0 Å². The molecule has 0 spiro atoms. The lowest BCUT2D eigenvalue weighted by molar-refractivity contribution is -0.139. The smallest absolute Gasteiger partial charge is 0.373 e. The minimum absolute atomic E-state index is 0.0989. The predicted molar refractivity (Wildman–Crippen MR) is 39.3 cm³/mol. The van der Waals surface area contributed by atoms with E-state index in [4.69, 9.17) is 5.11 Å². The van der Waals surface area contributed by atoms with Crippen LogP contribution in [0.15, 0.2) is 11.3 Å². The summed E-state index contributed by atoms with van der Waals surface area (Å²) in [6, 6.07) is 0. The fourth-order valence-corrected chi connectivity index (χ4v) is 0.967. The second-order valence-corrected chi connectivity index (χ2v) is 2.32. The molecule has 0 aromatic rings. The highest BCUT2D eigenvalue weighted by Crippen LogP contribution is 2.12. The Bertz CT molecular complexity index is 256. The zero-order valence-electron chi connectivity index (χ0n) is 6.59. The van der Waals surface area contributed by atoms with E-state index in [-0.39, 0.29) is 5.57 Å². The monoisotopic (exact) mass is 171 g/mol. The van der Waals surface area contributed by atoms with Gasteiger partial charge in [-0.1, -0.05) is 0 Å². The standard InChI is InChI=1S/C7H9NO4/c1-12-7(11)5(9)4-2-3-8-6(4)10/h9H,2-3H2,1H3,(H,8,10). The highest BCUT2D eigenvalue weighted by Gasteiger charge is 2.24. The maximum atomic E-state index is 10.9. The summed E-state index contributed by atoms with van der Waals surface area (Å²) in [5.41, 5.74) is 0.0989. The molecule has 1 aliphatic heterocycles. The van der Waals surface area contributed by atoms with Crippen molar-refractivity contribution >= 4 is 11.9 Å². The number of amides is 1. The molecule has 1 aliphatic rings. The quantitative estimate of drug-likeness (QED) is 0.316. The van der Waals surface area contributed by atoms with Gasteiger partial charge in [0.2, 0.25) is 5.76 Å². The van der Waals surface area contributed by atoms with Crippen LogP contribution in [0.1, 0.15) is 6.42 Å². The molecule has 0 aromatic carbocycles. The molecule has 0 saturated carbocycles. The number of ether oxygens (including phenoxy) is 1. The number of aliphatic hydroxyl groups is 1.